The van der Waals surface area contributed by atoms with Gasteiger partial charge in [0, 0.05) is 6.54 Å². The average Bonchev–Trinajstić information content (AvgIpc) is 2.38. The molecule has 3 N–H and O–H groups in total. The third kappa shape index (κ3) is 4.26. The summed E-state index contributed by atoms with van der Waals surface area (Å²) in [5, 5.41) is 8.89. The second kappa shape index (κ2) is 6.75. The van der Waals surface area contributed by atoms with Gasteiger partial charge in [0.25, 0.3) is 10.0 Å². The number of unbranched alkanes of at least 4 members (excludes halogenated alkanes) is 1. The maximum Gasteiger partial charge on any atom is 0.265 e. The molecule has 0 saturated carbocycles. The quantitative estimate of drug-likeness (QED) is 0.475. The van der Waals surface area contributed by atoms with Gasteiger partial charge in [-0.05, 0) is 18.6 Å². The minimum absolute atomic E-state index is 0.0661. The van der Waals surface area contributed by atoms with Gasteiger partial charge in [-0.15, -0.1) is 0 Å². The van der Waals surface area contributed by atoms with Gasteiger partial charge in [-0.3, -0.25) is 4.99 Å². The van der Waals surface area contributed by atoms with Gasteiger partial charge in [0.1, 0.15) is 11.0 Å². The third-order valence-corrected chi connectivity index (χ3v) is 3.74. The van der Waals surface area contributed by atoms with Gasteiger partial charge in [-0.25, -0.2) is 13.1 Å². The lowest BCUT2D eigenvalue weighted by molar-refractivity contribution is 0.592. The smallest absolute Gasteiger partial charge is 0.265 e. The van der Waals surface area contributed by atoms with Gasteiger partial charge in [0.2, 0.25) is 5.96 Å². The molecule has 1 rings (SSSR count). The van der Waals surface area contributed by atoms with Crippen LogP contribution in [0.15, 0.2) is 34.2 Å². The number of rotatable bonds is 5. The van der Waals surface area contributed by atoms with E-state index in [1.165, 1.54) is 12.1 Å². The van der Waals surface area contributed by atoms with Crippen LogP contribution in [0.25, 0.3) is 0 Å². The Balaban J connectivity index is 2.93. The Labute approximate surface area is 113 Å². The second-order valence-corrected chi connectivity index (χ2v) is 5.48. The molecule has 0 aliphatic heterocycles. The Hall–Kier alpha value is -2.07. The molecule has 1 aromatic carbocycles. The highest BCUT2D eigenvalue weighted by atomic mass is 32.2. The van der Waals surface area contributed by atoms with E-state index in [0.717, 1.165) is 12.8 Å². The standard InChI is InChI=1S/C12H16N4O2S/c1-2-3-8-15-12(14)16-19(17,18)11-7-5-4-6-10(11)9-13/h4-7H,2-3,8H2,1H3,(H3,14,15,16). The van der Waals surface area contributed by atoms with Crippen LogP contribution < -0.4 is 10.5 Å². The molecule has 0 bridgehead atoms. The molecule has 0 spiro atoms. The van der Waals surface area contributed by atoms with Crippen molar-refractivity contribution in [2.24, 2.45) is 10.7 Å². The maximum absolute atomic E-state index is 12.0. The van der Waals surface area contributed by atoms with Gasteiger partial charge >= 0.3 is 0 Å². The number of guanidine groups is 1. The number of nitrogens with one attached hydrogen (secondary N) is 1. The van der Waals surface area contributed by atoms with Crippen molar-refractivity contribution < 1.29 is 8.42 Å². The molecule has 19 heavy (non-hydrogen) atoms. The molecule has 0 unspecified atom stereocenters. The van der Waals surface area contributed by atoms with E-state index in [9.17, 15) is 8.42 Å². The zero-order valence-electron chi connectivity index (χ0n) is 10.6. The molecule has 0 aromatic heterocycles. The molecule has 0 saturated heterocycles. The average molecular weight is 280 g/mol. The molecule has 0 atom stereocenters. The van der Waals surface area contributed by atoms with E-state index in [2.05, 4.69) is 9.71 Å². The van der Waals surface area contributed by atoms with Crippen LogP contribution in [-0.2, 0) is 10.0 Å². The number of benzene rings is 1. The Morgan fingerprint density at radius 3 is 2.79 bits per heavy atom. The lowest BCUT2D eigenvalue weighted by Gasteiger charge is -2.08. The molecule has 0 amide bonds. The Kier molecular flexibility index (Phi) is 5.33. The predicted octanol–water partition coefficient (Wildman–Crippen LogP) is 0.951. The summed E-state index contributed by atoms with van der Waals surface area (Å²) in [7, 11) is -3.87. The zero-order chi connectivity index (χ0) is 14.3. The fourth-order valence-corrected chi connectivity index (χ4v) is 2.49. The molecule has 0 fully saturated rings. The molecule has 6 nitrogen and oxygen atoms in total. The first-order chi connectivity index (χ1) is 9.01. The number of hydrogen-bond acceptors (Lipinski definition) is 4. The van der Waals surface area contributed by atoms with Crippen molar-refractivity contribution in [2.75, 3.05) is 6.54 Å². The van der Waals surface area contributed by atoms with Crippen molar-refractivity contribution in [3.05, 3.63) is 29.8 Å². The molecule has 0 aliphatic carbocycles. The number of hydrogen-bond donors (Lipinski definition) is 2. The number of sulfonamides is 1. The minimum Gasteiger partial charge on any atom is -0.369 e. The summed E-state index contributed by atoms with van der Waals surface area (Å²) in [6, 6.07) is 7.74. The molecule has 102 valence electrons. The van der Waals surface area contributed by atoms with E-state index in [4.69, 9.17) is 11.0 Å². The first-order valence-corrected chi connectivity index (χ1v) is 7.31. The summed E-state index contributed by atoms with van der Waals surface area (Å²) in [5.41, 5.74) is 5.57. The van der Waals surface area contributed by atoms with Gasteiger partial charge < -0.3 is 5.73 Å². The normalized spacial score (nSPS) is 11.9. The van der Waals surface area contributed by atoms with Crippen LogP contribution in [0.2, 0.25) is 0 Å². The summed E-state index contributed by atoms with van der Waals surface area (Å²) in [5.74, 6) is -0.166. The van der Waals surface area contributed by atoms with E-state index in [0.29, 0.717) is 6.54 Å². The van der Waals surface area contributed by atoms with Crippen molar-refractivity contribution in [1.82, 2.24) is 4.72 Å². The van der Waals surface area contributed by atoms with E-state index < -0.39 is 10.0 Å². The molecule has 7 heteroatoms. The van der Waals surface area contributed by atoms with Crippen LogP contribution in [0.5, 0.6) is 0 Å². The van der Waals surface area contributed by atoms with Crippen molar-refractivity contribution in [3.8, 4) is 6.07 Å². The van der Waals surface area contributed by atoms with E-state index in [-0.39, 0.29) is 16.4 Å². The molecule has 0 heterocycles. The summed E-state index contributed by atoms with van der Waals surface area (Å²) in [4.78, 5) is 3.80. The minimum atomic E-state index is -3.87. The van der Waals surface area contributed by atoms with Crippen molar-refractivity contribution in [2.45, 2.75) is 24.7 Å². The third-order valence-electron chi connectivity index (χ3n) is 2.33. The Morgan fingerprint density at radius 2 is 2.16 bits per heavy atom. The van der Waals surface area contributed by atoms with Crippen LogP contribution in [0.3, 0.4) is 0 Å². The first-order valence-electron chi connectivity index (χ1n) is 5.83. The predicted molar refractivity (Wildman–Crippen MR) is 72.9 cm³/mol. The summed E-state index contributed by atoms with van der Waals surface area (Å²) < 4.78 is 26.2. The SMILES string of the molecule is CCCCN=C(N)NS(=O)(=O)c1ccccc1C#N. The monoisotopic (exact) mass is 280 g/mol. The van der Waals surface area contributed by atoms with Gasteiger partial charge in [-0.2, -0.15) is 5.26 Å². The molecular formula is C12H16N4O2S. The highest BCUT2D eigenvalue weighted by Crippen LogP contribution is 2.13. The van der Waals surface area contributed by atoms with E-state index in [1.807, 2.05) is 13.0 Å². The van der Waals surface area contributed by atoms with E-state index in [1.54, 1.807) is 12.1 Å². The number of aliphatic imine (C=N–C) groups is 1. The van der Waals surface area contributed by atoms with Crippen LogP contribution in [0, 0.1) is 11.3 Å². The number of nitrogens with two attached hydrogens (primary N) is 1. The lowest BCUT2D eigenvalue weighted by atomic mass is 10.2. The van der Waals surface area contributed by atoms with Crippen LogP contribution in [-0.4, -0.2) is 20.9 Å². The molecule has 0 radical (unpaired) electrons. The van der Waals surface area contributed by atoms with Crippen LogP contribution >= 0.6 is 0 Å². The summed E-state index contributed by atoms with van der Waals surface area (Å²) >= 11 is 0. The summed E-state index contributed by atoms with van der Waals surface area (Å²) in [6.07, 6.45) is 1.78. The Bertz CT molecular complexity index is 602. The van der Waals surface area contributed by atoms with Gasteiger partial charge in [0.15, 0.2) is 0 Å². The first kappa shape index (κ1) is 15.0. The highest BCUT2D eigenvalue weighted by molar-refractivity contribution is 7.90. The maximum atomic E-state index is 12.0. The highest BCUT2D eigenvalue weighted by Gasteiger charge is 2.18. The fourth-order valence-electron chi connectivity index (χ4n) is 1.38. The molecule has 0 aliphatic rings. The van der Waals surface area contributed by atoms with Crippen molar-refractivity contribution >= 4 is 16.0 Å². The van der Waals surface area contributed by atoms with E-state index >= 15 is 0 Å². The molecular weight excluding hydrogens is 264 g/mol. The second-order valence-electron chi connectivity index (χ2n) is 3.83. The largest absolute Gasteiger partial charge is 0.369 e. The van der Waals surface area contributed by atoms with Crippen molar-refractivity contribution in [3.63, 3.8) is 0 Å². The Morgan fingerprint density at radius 1 is 1.47 bits per heavy atom. The van der Waals surface area contributed by atoms with Gasteiger partial charge in [-0.1, -0.05) is 25.5 Å². The van der Waals surface area contributed by atoms with Crippen molar-refractivity contribution in [1.29, 1.82) is 5.26 Å². The zero-order valence-corrected chi connectivity index (χ0v) is 11.4. The number of nitriles is 1. The lowest BCUT2D eigenvalue weighted by Crippen LogP contribution is -2.37. The molecule has 1 aromatic rings. The summed E-state index contributed by atoms with van der Waals surface area (Å²) in [6.45, 7) is 2.46. The van der Waals surface area contributed by atoms with Crippen LogP contribution in [0.4, 0.5) is 0 Å². The van der Waals surface area contributed by atoms with Crippen LogP contribution in [0.1, 0.15) is 25.3 Å². The van der Waals surface area contributed by atoms with Gasteiger partial charge in [0.05, 0.1) is 5.56 Å². The topological polar surface area (TPSA) is 108 Å². The number of nitrogens with zero attached hydrogens (tertiary/aromatic N) is 2. The fraction of sp³-hybridized carbons (Fsp3) is 0.333.